The van der Waals surface area contributed by atoms with Gasteiger partial charge in [0.1, 0.15) is 5.82 Å². The van der Waals surface area contributed by atoms with Crippen LogP contribution in [0.15, 0.2) is 24.3 Å². The molecule has 1 aromatic carbocycles. The SMILES string of the molecule is CCc1[nH]nc(C(=O)NC2CCCN(Cc3ccccc3F)C2)c1C. The number of rotatable bonds is 5. The van der Waals surface area contributed by atoms with Gasteiger partial charge in [-0.15, -0.1) is 0 Å². The maximum Gasteiger partial charge on any atom is 0.272 e. The van der Waals surface area contributed by atoms with Gasteiger partial charge in [-0.2, -0.15) is 5.10 Å². The molecular weight excluding hydrogens is 319 g/mol. The number of hydrogen-bond donors (Lipinski definition) is 2. The second-order valence-electron chi connectivity index (χ2n) is 6.67. The van der Waals surface area contributed by atoms with Crippen molar-refractivity contribution >= 4 is 5.91 Å². The van der Waals surface area contributed by atoms with E-state index < -0.39 is 0 Å². The molecule has 0 radical (unpaired) electrons. The average Bonchev–Trinajstić information content (AvgIpc) is 2.98. The fourth-order valence-electron chi connectivity index (χ4n) is 3.44. The first-order valence-electron chi connectivity index (χ1n) is 8.89. The first kappa shape index (κ1) is 17.6. The van der Waals surface area contributed by atoms with Crippen molar-refractivity contribution in [3.05, 3.63) is 52.6 Å². The lowest BCUT2D eigenvalue weighted by Crippen LogP contribution is -2.47. The summed E-state index contributed by atoms with van der Waals surface area (Å²) >= 11 is 0. The van der Waals surface area contributed by atoms with E-state index in [2.05, 4.69) is 20.4 Å². The molecule has 0 bridgehead atoms. The molecule has 0 aliphatic carbocycles. The van der Waals surface area contributed by atoms with Crippen LogP contribution in [-0.2, 0) is 13.0 Å². The van der Waals surface area contributed by atoms with Gasteiger partial charge in [0.05, 0.1) is 0 Å². The number of nitrogens with one attached hydrogen (secondary N) is 2. The zero-order valence-electron chi connectivity index (χ0n) is 14.8. The summed E-state index contributed by atoms with van der Waals surface area (Å²) in [5, 5.41) is 10.2. The largest absolute Gasteiger partial charge is 0.347 e. The quantitative estimate of drug-likeness (QED) is 0.877. The monoisotopic (exact) mass is 344 g/mol. The molecule has 6 heteroatoms. The van der Waals surface area contributed by atoms with Crippen LogP contribution in [0, 0.1) is 12.7 Å². The van der Waals surface area contributed by atoms with Gasteiger partial charge in [0.2, 0.25) is 0 Å². The van der Waals surface area contributed by atoms with Crippen molar-refractivity contribution in [3.63, 3.8) is 0 Å². The van der Waals surface area contributed by atoms with E-state index >= 15 is 0 Å². The molecule has 0 saturated carbocycles. The molecule has 1 atom stereocenters. The van der Waals surface area contributed by atoms with Crippen LogP contribution in [0.2, 0.25) is 0 Å². The van der Waals surface area contributed by atoms with Crippen molar-refractivity contribution in [3.8, 4) is 0 Å². The summed E-state index contributed by atoms with van der Waals surface area (Å²) in [6, 6.07) is 6.93. The van der Waals surface area contributed by atoms with Gasteiger partial charge in [0.15, 0.2) is 5.69 Å². The molecule has 134 valence electrons. The number of halogens is 1. The Bertz CT molecular complexity index is 743. The molecule has 1 aromatic heterocycles. The number of nitrogens with zero attached hydrogens (tertiary/aromatic N) is 2. The normalized spacial score (nSPS) is 18.3. The van der Waals surface area contributed by atoms with Crippen molar-refractivity contribution in [2.45, 2.75) is 45.7 Å². The van der Waals surface area contributed by atoms with Crippen molar-refractivity contribution in [1.82, 2.24) is 20.4 Å². The Morgan fingerprint density at radius 2 is 2.24 bits per heavy atom. The van der Waals surface area contributed by atoms with E-state index in [9.17, 15) is 9.18 Å². The van der Waals surface area contributed by atoms with Crippen LogP contribution in [0.1, 0.15) is 47.1 Å². The number of hydrogen-bond acceptors (Lipinski definition) is 3. The van der Waals surface area contributed by atoms with E-state index in [1.54, 1.807) is 6.07 Å². The third-order valence-corrected chi connectivity index (χ3v) is 4.87. The van der Waals surface area contributed by atoms with Crippen molar-refractivity contribution in [2.24, 2.45) is 0 Å². The van der Waals surface area contributed by atoms with Gasteiger partial charge in [0, 0.05) is 36.0 Å². The molecule has 1 aliphatic rings. The number of amides is 1. The molecule has 25 heavy (non-hydrogen) atoms. The van der Waals surface area contributed by atoms with Crippen molar-refractivity contribution < 1.29 is 9.18 Å². The Labute approximate surface area is 147 Å². The van der Waals surface area contributed by atoms with Crippen molar-refractivity contribution in [2.75, 3.05) is 13.1 Å². The van der Waals surface area contributed by atoms with E-state index in [1.165, 1.54) is 6.07 Å². The minimum atomic E-state index is -0.173. The van der Waals surface area contributed by atoms with E-state index in [4.69, 9.17) is 0 Å². The molecule has 1 unspecified atom stereocenters. The van der Waals surface area contributed by atoms with Crippen LogP contribution < -0.4 is 5.32 Å². The molecule has 2 heterocycles. The molecule has 0 spiro atoms. The molecule has 3 rings (SSSR count). The maximum absolute atomic E-state index is 13.8. The van der Waals surface area contributed by atoms with Crippen LogP contribution in [0.5, 0.6) is 0 Å². The van der Waals surface area contributed by atoms with Crippen LogP contribution in [-0.4, -0.2) is 40.1 Å². The summed E-state index contributed by atoms with van der Waals surface area (Å²) < 4.78 is 13.8. The van der Waals surface area contributed by atoms with Crippen LogP contribution in [0.25, 0.3) is 0 Å². The molecule has 1 fully saturated rings. The highest BCUT2D eigenvalue weighted by Crippen LogP contribution is 2.17. The number of benzene rings is 1. The molecule has 2 N–H and O–H groups in total. The average molecular weight is 344 g/mol. The highest BCUT2D eigenvalue weighted by atomic mass is 19.1. The summed E-state index contributed by atoms with van der Waals surface area (Å²) in [7, 11) is 0. The molecule has 2 aromatic rings. The smallest absolute Gasteiger partial charge is 0.272 e. The first-order chi connectivity index (χ1) is 12.1. The third kappa shape index (κ3) is 4.07. The van der Waals surface area contributed by atoms with Crippen LogP contribution in [0.4, 0.5) is 4.39 Å². The predicted molar refractivity (Wildman–Crippen MR) is 94.9 cm³/mol. The van der Waals surface area contributed by atoms with Gasteiger partial charge in [0.25, 0.3) is 5.91 Å². The summed E-state index contributed by atoms with van der Waals surface area (Å²) in [4.78, 5) is 14.7. The number of likely N-dealkylation sites (tertiary alicyclic amines) is 1. The molecular formula is C19H25FN4O. The number of aryl methyl sites for hydroxylation is 1. The zero-order chi connectivity index (χ0) is 17.8. The van der Waals surface area contributed by atoms with Crippen molar-refractivity contribution in [1.29, 1.82) is 0 Å². The van der Waals surface area contributed by atoms with Crippen LogP contribution >= 0.6 is 0 Å². The van der Waals surface area contributed by atoms with E-state index in [1.807, 2.05) is 26.0 Å². The Morgan fingerprint density at radius 1 is 1.44 bits per heavy atom. The molecule has 1 saturated heterocycles. The Morgan fingerprint density at radius 3 is 2.96 bits per heavy atom. The van der Waals surface area contributed by atoms with Gasteiger partial charge in [-0.1, -0.05) is 25.1 Å². The maximum atomic E-state index is 13.8. The number of aromatic amines is 1. The van der Waals surface area contributed by atoms with Gasteiger partial charge < -0.3 is 5.32 Å². The Kier molecular flexibility index (Phi) is 5.48. The van der Waals surface area contributed by atoms with E-state index in [-0.39, 0.29) is 17.8 Å². The predicted octanol–water partition coefficient (Wildman–Crippen LogP) is 2.81. The standard InChI is InChI=1S/C19H25FN4O/c1-3-17-13(2)18(23-22-17)19(25)21-15-8-6-10-24(12-15)11-14-7-4-5-9-16(14)20/h4-5,7,9,15H,3,6,8,10-12H2,1-2H3,(H,21,25)(H,22,23). The Balaban J connectivity index is 1.60. The zero-order valence-corrected chi connectivity index (χ0v) is 14.8. The fourth-order valence-corrected chi connectivity index (χ4v) is 3.44. The Hall–Kier alpha value is -2.21. The minimum absolute atomic E-state index is 0.0641. The lowest BCUT2D eigenvalue weighted by molar-refractivity contribution is 0.0894. The van der Waals surface area contributed by atoms with Gasteiger partial charge >= 0.3 is 0 Å². The molecule has 1 amide bonds. The summed E-state index contributed by atoms with van der Waals surface area (Å²) in [5.41, 5.74) is 3.09. The molecule has 1 aliphatic heterocycles. The van der Waals surface area contributed by atoms with Gasteiger partial charge in [-0.25, -0.2) is 4.39 Å². The number of H-pyrrole nitrogens is 1. The summed E-state index contributed by atoms with van der Waals surface area (Å²) in [5.74, 6) is -0.306. The molecule has 5 nitrogen and oxygen atoms in total. The summed E-state index contributed by atoms with van der Waals surface area (Å²) in [6.07, 6.45) is 2.74. The number of carbonyl (C=O) groups excluding carboxylic acids is 1. The lowest BCUT2D eigenvalue weighted by atomic mass is 10.0. The van der Waals surface area contributed by atoms with E-state index in [0.29, 0.717) is 17.8 Å². The number of aromatic nitrogens is 2. The van der Waals surface area contributed by atoms with Gasteiger partial charge in [-0.3, -0.25) is 14.8 Å². The van der Waals surface area contributed by atoms with E-state index in [0.717, 1.165) is 43.6 Å². The first-order valence-corrected chi connectivity index (χ1v) is 8.89. The van der Waals surface area contributed by atoms with Crippen LogP contribution in [0.3, 0.4) is 0 Å². The fraction of sp³-hybridized carbons (Fsp3) is 0.474. The number of piperidine rings is 1. The highest BCUT2D eigenvalue weighted by Gasteiger charge is 2.24. The highest BCUT2D eigenvalue weighted by molar-refractivity contribution is 5.94. The van der Waals surface area contributed by atoms with Gasteiger partial charge in [-0.05, 0) is 38.8 Å². The third-order valence-electron chi connectivity index (χ3n) is 4.87. The minimum Gasteiger partial charge on any atom is -0.347 e. The number of carbonyl (C=O) groups is 1. The summed E-state index contributed by atoms with van der Waals surface area (Å²) in [6.45, 7) is 6.17. The second-order valence-corrected chi connectivity index (χ2v) is 6.67. The lowest BCUT2D eigenvalue weighted by Gasteiger charge is -2.33. The second kappa shape index (κ2) is 7.78. The topological polar surface area (TPSA) is 61.0 Å².